The first-order valence-corrected chi connectivity index (χ1v) is 6.28. The van der Waals surface area contributed by atoms with Crippen LogP contribution in [0.3, 0.4) is 0 Å². The Morgan fingerprint density at radius 3 is 2.56 bits per heavy atom. The molecule has 1 unspecified atom stereocenters. The highest BCUT2D eigenvalue weighted by Gasteiger charge is 2.13. The molecule has 0 aliphatic rings. The molecule has 0 spiro atoms. The topological polar surface area (TPSA) is 75.3 Å². The lowest BCUT2D eigenvalue weighted by Gasteiger charge is -2.12. The van der Waals surface area contributed by atoms with Gasteiger partial charge in [0.25, 0.3) is 0 Å². The maximum Gasteiger partial charge on any atom is 0.248 e. The third kappa shape index (κ3) is 4.15. The Morgan fingerprint density at radius 2 is 2.06 bits per heavy atom. The summed E-state index contributed by atoms with van der Waals surface area (Å²) in [6.45, 7) is 0.134. The van der Waals surface area contributed by atoms with Crippen LogP contribution in [0.2, 0.25) is 0 Å². The number of nitrogens with one attached hydrogen (secondary N) is 1. The summed E-state index contributed by atoms with van der Waals surface area (Å²) in [4.78, 5) is 11.2. The average molecular weight is 355 g/mol. The van der Waals surface area contributed by atoms with Gasteiger partial charge in [-0.1, -0.05) is 34.7 Å². The second kappa shape index (κ2) is 6.27. The number of benzene rings is 1. The molecule has 0 radical (unpaired) electrons. The summed E-state index contributed by atoms with van der Waals surface area (Å²) in [5.41, 5.74) is 6.85. The predicted octanol–water partition coefficient (Wildman–Crippen LogP) is 1.42. The minimum Gasteiger partial charge on any atom is -0.399 e. The molecule has 0 aromatic heterocycles. The van der Waals surface area contributed by atoms with Crippen molar-refractivity contribution in [2.24, 2.45) is 0 Å². The Morgan fingerprint density at radius 1 is 1.50 bits per heavy atom. The SMILES string of the molecule is Nc1ccc([C@@H](O)CNC(=O)C(Cl)I)cc1. The van der Waals surface area contributed by atoms with Gasteiger partial charge in [-0.2, -0.15) is 0 Å². The molecule has 1 amide bonds. The number of rotatable bonds is 4. The first-order valence-electron chi connectivity index (χ1n) is 4.60. The van der Waals surface area contributed by atoms with Crippen LogP contribution in [-0.4, -0.2) is 20.9 Å². The number of carbonyl (C=O) groups excluding carboxylic acids is 1. The Labute approximate surface area is 112 Å². The van der Waals surface area contributed by atoms with Crippen molar-refractivity contribution in [3.63, 3.8) is 0 Å². The summed E-state index contributed by atoms with van der Waals surface area (Å²) in [5.74, 6) is -0.309. The fourth-order valence-electron chi connectivity index (χ4n) is 1.11. The molecule has 0 saturated carbocycles. The normalized spacial score (nSPS) is 14.2. The predicted molar refractivity (Wildman–Crippen MR) is 72.5 cm³/mol. The van der Waals surface area contributed by atoms with E-state index in [0.29, 0.717) is 11.3 Å². The fourth-order valence-corrected chi connectivity index (χ4v) is 1.41. The minimum absolute atomic E-state index is 0.134. The van der Waals surface area contributed by atoms with Crippen LogP contribution in [-0.2, 0) is 4.79 Å². The summed E-state index contributed by atoms with van der Waals surface area (Å²) in [6.07, 6.45) is -0.753. The van der Waals surface area contributed by atoms with Gasteiger partial charge in [0.05, 0.1) is 6.10 Å². The van der Waals surface area contributed by atoms with Gasteiger partial charge in [0.15, 0.2) is 3.38 Å². The summed E-state index contributed by atoms with van der Waals surface area (Å²) >= 11 is 7.34. The number of aliphatic hydroxyl groups is 1. The number of nitrogens with two attached hydrogens (primary N) is 1. The summed E-state index contributed by atoms with van der Waals surface area (Å²) in [5, 5.41) is 12.3. The van der Waals surface area contributed by atoms with E-state index in [1.165, 1.54) is 0 Å². The van der Waals surface area contributed by atoms with Gasteiger partial charge >= 0.3 is 0 Å². The molecule has 0 aliphatic heterocycles. The van der Waals surface area contributed by atoms with Crippen LogP contribution < -0.4 is 11.1 Å². The van der Waals surface area contributed by atoms with Crippen LogP contribution in [0.1, 0.15) is 11.7 Å². The van der Waals surface area contributed by atoms with Gasteiger partial charge < -0.3 is 16.2 Å². The van der Waals surface area contributed by atoms with Crippen molar-refractivity contribution in [1.82, 2.24) is 5.32 Å². The third-order valence-electron chi connectivity index (χ3n) is 1.99. The molecule has 0 bridgehead atoms. The van der Waals surface area contributed by atoms with Gasteiger partial charge in [0.1, 0.15) is 0 Å². The maximum atomic E-state index is 11.2. The van der Waals surface area contributed by atoms with E-state index in [4.69, 9.17) is 17.3 Å². The standard InChI is InChI=1S/C10H12ClIN2O2/c11-9(12)10(16)14-5-8(15)6-1-3-7(13)4-2-6/h1-4,8-9,15H,5,13H2,(H,14,16)/t8-,9?/m0/s1. The fraction of sp³-hybridized carbons (Fsp3) is 0.300. The summed E-state index contributed by atoms with van der Waals surface area (Å²) in [7, 11) is 0. The van der Waals surface area contributed by atoms with Gasteiger partial charge in [-0.15, -0.1) is 11.6 Å². The van der Waals surface area contributed by atoms with Gasteiger partial charge in [0, 0.05) is 12.2 Å². The monoisotopic (exact) mass is 354 g/mol. The molecule has 6 heteroatoms. The first-order chi connectivity index (χ1) is 7.50. The molecule has 88 valence electrons. The Balaban J connectivity index is 2.49. The highest BCUT2D eigenvalue weighted by atomic mass is 127. The number of alkyl halides is 2. The molecule has 16 heavy (non-hydrogen) atoms. The Hall–Kier alpha value is -0.530. The van der Waals surface area contributed by atoms with Crippen molar-refractivity contribution < 1.29 is 9.90 Å². The minimum atomic E-state index is -0.753. The molecule has 0 aliphatic carbocycles. The smallest absolute Gasteiger partial charge is 0.248 e. The largest absolute Gasteiger partial charge is 0.399 e. The highest BCUT2D eigenvalue weighted by Crippen LogP contribution is 2.14. The van der Waals surface area contributed by atoms with E-state index < -0.39 is 9.49 Å². The van der Waals surface area contributed by atoms with Crippen molar-refractivity contribution in [3.05, 3.63) is 29.8 Å². The quantitative estimate of drug-likeness (QED) is 0.435. The van der Waals surface area contributed by atoms with Crippen molar-refractivity contribution in [1.29, 1.82) is 0 Å². The molecule has 4 nitrogen and oxygen atoms in total. The number of nitrogen functional groups attached to an aromatic ring is 1. The molecule has 1 aromatic rings. The molecule has 0 saturated heterocycles. The summed E-state index contributed by atoms with van der Waals surface area (Å²) < 4.78 is -0.629. The molecule has 0 heterocycles. The number of hydrogen-bond donors (Lipinski definition) is 3. The van der Waals surface area contributed by atoms with Crippen LogP contribution >= 0.6 is 34.2 Å². The lowest BCUT2D eigenvalue weighted by atomic mass is 10.1. The van der Waals surface area contributed by atoms with Crippen molar-refractivity contribution in [3.8, 4) is 0 Å². The Bertz CT molecular complexity index is 356. The number of halogens is 2. The van der Waals surface area contributed by atoms with Gasteiger partial charge in [0.2, 0.25) is 5.91 Å². The highest BCUT2D eigenvalue weighted by molar-refractivity contribution is 14.1. The molecule has 1 aromatic carbocycles. The zero-order chi connectivity index (χ0) is 12.1. The number of anilines is 1. The number of amides is 1. The zero-order valence-electron chi connectivity index (χ0n) is 8.36. The van der Waals surface area contributed by atoms with Crippen LogP contribution in [0.5, 0.6) is 0 Å². The first kappa shape index (κ1) is 13.5. The number of carbonyl (C=O) groups is 1. The molecule has 0 fully saturated rings. The third-order valence-corrected chi connectivity index (χ3v) is 2.75. The second-order valence-electron chi connectivity index (χ2n) is 3.23. The van der Waals surface area contributed by atoms with E-state index in [9.17, 15) is 9.90 Å². The number of aliphatic hydroxyl groups excluding tert-OH is 1. The maximum absolute atomic E-state index is 11.2. The van der Waals surface area contributed by atoms with E-state index in [2.05, 4.69) is 5.32 Å². The lowest BCUT2D eigenvalue weighted by Crippen LogP contribution is -2.32. The molecular weight excluding hydrogens is 342 g/mol. The van der Waals surface area contributed by atoms with E-state index in [1.54, 1.807) is 46.9 Å². The van der Waals surface area contributed by atoms with Crippen LogP contribution in [0.4, 0.5) is 5.69 Å². The average Bonchev–Trinajstić information content (AvgIpc) is 2.26. The Kier molecular flexibility index (Phi) is 5.30. The van der Waals surface area contributed by atoms with Crippen LogP contribution in [0.15, 0.2) is 24.3 Å². The van der Waals surface area contributed by atoms with Crippen molar-refractivity contribution >= 4 is 45.8 Å². The van der Waals surface area contributed by atoms with E-state index in [1.807, 2.05) is 0 Å². The molecule has 1 rings (SSSR count). The molecule has 4 N–H and O–H groups in total. The van der Waals surface area contributed by atoms with Gasteiger partial charge in [-0.05, 0) is 17.7 Å². The summed E-state index contributed by atoms with van der Waals surface area (Å²) in [6, 6.07) is 6.83. The lowest BCUT2D eigenvalue weighted by molar-refractivity contribution is -0.119. The van der Waals surface area contributed by atoms with E-state index in [0.717, 1.165) is 0 Å². The molecular formula is C10H12ClIN2O2. The van der Waals surface area contributed by atoms with Crippen molar-refractivity contribution in [2.75, 3.05) is 12.3 Å². The van der Waals surface area contributed by atoms with Crippen molar-refractivity contribution in [2.45, 2.75) is 9.49 Å². The van der Waals surface area contributed by atoms with E-state index >= 15 is 0 Å². The number of hydrogen-bond acceptors (Lipinski definition) is 3. The second-order valence-corrected chi connectivity index (χ2v) is 5.65. The van der Waals surface area contributed by atoms with Gasteiger partial charge in [-0.25, -0.2) is 0 Å². The van der Waals surface area contributed by atoms with E-state index in [-0.39, 0.29) is 12.5 Å². The van der Waals surface area contributed by atoms with Crippen LogP contribution in [0, 0.1) is 0 Å². The van der Waals surface area contributed by atoms with Crippen LogP contribution in [0.25, 0.3) is 0 Å². The van der Waals surface area contributed by atoms with Gasteiger partial charge in [-0.3, -0.25) is 4.79 Å². The zero-order valence-corrected chi connectivity index (χ0v) is 11.3. The molecule has 2 atom stereocenters.